The van der Waals surface area contributed by atoms with Crippen LogP contribution in [-0.4, -0.2) is 24.3 Å². The maximum atomic E-state index is 13.3. The molecular formula is C14H16FNO3. The predicted octanol–water partition coefficient (Wildman–Crippen LogP) is 2.08. The summed E-state index contributed by atoms with van der Waals surface area (Å²) in [5.74, 6) is -0.788. The first-order valence-corrected chi connectivity index (χ1v) is 6.33. The first kappa shape index (κ1) is 13.5. The first-order chi connectivity index (χ1) is 9.08. The molecule has 0 aromatic heterocycles. The molecule has 1 amide bonds. The highest BCUT2D eigenvalue weighted by atomic mass is 19.1. The number of halogens is 1. The quantitative estimate of drug-likeness (QED) is 0.851. The predicted molar refractivity (Wildman–Crippen MR) is 67.7 cm³/mol. The Labute approximate surface area is 110 Å². The Morgan fingerprint density at radius 2 is 2.21 bits per heavy atom. The molecule has 0 saturated carbocycles. The SMILES string of the molecule is CC(=O)c1ccc(F)cc1OC1CCCCNC1=O. The van der Waals surface area contributed by atoms with E-state index in [0.29, 0.717) is 18.5 Å². The number of benzene rings is 1. The maximum Gasteiger partial charge on any atom is 0.261 e. The van der Waals surface area contributed by atoms with Gasteiger partial charge in [0.25, 0.3) is 5.91 Å². The van der Waals surface area contributed by atoms with E-state index >= 15 is 0 Å². The Bertz CT molecular complexity index is 501. The zero-order chi connectivity index (χ0) is 13.8. The summed E-state index contributed by atoms with van der Waals surface area (Å²) in [4.78, 5) is 23.2. The van der Waals surface area contributed by atoms with E-state index in [2.05, 4.69) is 5.32 Å². The van der Waals surface area contributed by atoms with Crippen molar-refractivity contribution in [2.75, 3.05) is 6.54 Å². The lowest BCUT2D eigenvalue weighted by molar-refractivity contribution is -0.127. The lowest BCUT2D eigenvalue weighted by Crippen LogP contribution is -2.36. The van der Waals surface area contributed by atoms with Gasteiger partial charge in [-0.25, -0.2) is 4.39 Å². The number of ketones is 1. The van der Waals surface area contributed by atoms with Crippen molar-refractivity contribution >= 4 is 11.7 Å². The zero-order valence-corrected chi connectivity index (χ0v) is 10.7. The minimum Gasteiger partial charge on any atom is -0.480 e. The van der Waals surface area contributed by atoms with Gasteiger partial charge in [0.15, 0.2) is 11.9 Å². The van der Waals surface area contributed by atoms with Crippen LogP contribution in [-0.2, 0) is 4.79 Å². The van der Waals surface area contributed by atoms with Gasteiger partial charge in [-0.05, 0) is 38.3 Å². The van der Waals surface area contributed by atoms with Crippen LogP contribution in [0.15, 0.2) is 18.2 Å². The van der Waals surface area contributed by atoms with Gasteiger partial charge in [0.05, 0.1) is 5.56 Å². The van der Waals surface area contributed by atoms with Crippen molar-refractivity contribution < 1.29 is 18.7 Å². The van der Waals surface area contributed by atoms with Crippen molar-refractivity contribution in [2.45, 2.75) is 32.3 Å². The molecule has 1 aliphatic rings. The number of rotatable bonds is 3. The maximum absolute atomic E-state index is 13.3. The molecule has 5 heteroatoms. The minimum atomic E-state index is -0.664. The summed E-state index contributed by atoms with van der Waals surface area (Å²) in [5, 5.41) is 2.74. The summed E-state index contributed by atoms with van der Waals surface area (Å²) in [6, 6.07) is 3.73. The van der Waals surface area contributed by atoms with Crippen molar-refractivity contribution in [1.29, 1.82) is 0 Å². The van der Waals surface area contributed by atoms with E-state index in [1.807, 2.05) is 0 Å². The highest BCUT2D eigenvalue weighted by Crippen LogP contribution is 2.23. The van der Waals surface area contributed by atoms with Crippen molar-refractivity contribution in [2.24, 2.45) is 0 Å². The van der Waals surface area contributed by atoms with Crippen molar-refractivity contribution in [3.05, 3.63) is 29.6 Å². The molecule has 1 aliphatic heterocycles. The molecule has 1 fully saturated rings. The van der Waals surface area contributed by atoms with Crippen LogP contribution in [0.25, 0.3) is 0 Å². The molecule has 0 spiro atoms. The van der Waals surface area contributed by atoms with Gasteiger partial charge < -0.3 is 10.1 Å². The van der Waals surface area contributed by atoms with Crippen molar-refractivity contribution in [3.8, 4) is 5.75 Å². The largest absolute Gasteiger partial charge is 0.480 e. The summed E-state index contributed by atoms with van der Waals surface area (Å²) in [6.07, 6.45) is 1.66. The fraction of sp³-hybridized carbons (Fsp3) is 0.429. The summed E-state index contributed by atoms with van der Waals surface area (Å²) in [7, 11) is 0. The fourth-order valence-corrected chi connectivity index (χ4v) is 2.06. The topological polar surface area (TPSA) is 55.4 Å². The lowest BCUT2D eigenvalue weighted by atomic mass is 10.1. The minimum absolute atomic E-state index is 0.134. The molecule has 1 aromatic rings. The number of hydrogen-bond donors (Lipinski definition) is 1. The van der Waals surface area contributed by atoms with E-state index < -0.39 is 11.9 Å². The van der Waals surface area contributed by atoms with Crippen LogP contribution in [0.4, 0.5) is 4.39 Å². The number of nitrogens with one attached hydrogen (secondary N) is 1. The molecule has 1 saturated heterocycles. The highest BCUT2D eigenvalue weighted by Gasteiger charge is 2.24. The van der Waals surface area contributed by atoms with E-state index in [4.69, 9.17) is 4.74 Å². The van der Waals surface area contributed by atoms with Gasteiger partial charge in [0, 0.05) is 12.6 Å². The van der Waals surface area contributed by atoms with Crippen LogP contribution in [0.1, 0.15) is 36.5 Å². The highest BCUT2D eigenvalue weighted by molar-refractivity contribution is 5.97. The third kappa shape index (κ3) is 3.30. The molecule has 1 N–H and O–H groups in total. The molecule has 0 aliphatic carbocycles. The van der Waals surface area contributed by atoms with E-state index in [0.717, 1.165) is 18.9 Å². The van der Waals surface area contributed by atoms with E-state index in [-0.39, 0.29) is 17.4 Å². The molecule has 102 valence electrons. The lowest BCUT2D eigenvalue weighted by Gasteiger charge is -2.17. The molecule has 19 heavy (non-hydrogen) atoms. The number of hydrogen-bond acceptors (Lipinski definition) is 3. The third-order valence-electron chi connectivity index (χ3n) is 3.08. The molecular weight excluding hydrogens is 249 g/mol. The van der Waals surface area contributed by atoms with E-state index in [9.17, 15) is 14.0 Å². The average Bonchev–Trinajstić information content (AvgIpc) is 2.55. The average molecular weight is 265 g/mol. The first-order valence-electron chi connectivity index (χ1n) is 6.33. The summed E-state index contributed by atoms with van der Waals surface area (Å²) in [5.41, 5.74) is 0.290. The molecule has 1 unspecified atom stereocenters. The van der Waals surface area contributed by atoms with Gasteiger partial charge in [0.2, 0.25) is 0 Å². The van der Waals surface area contributed by atoms with Gasteiger partial charge in [-0.2, -0.15) is 0 Å². The Hall–Kier alpha value is -1.91. The molecule has 1 aromatic carbocycles. The molecule has 4 nitrogen and oxygen atoms in total. The van der Waals surface area contributed by atoms with Gasteiger partial charge in [0.1, 0.15) is 11.6 Å². The number of carbonyl (C=O) groups is 2. The van der Waals surface area contributed by atoms with Crippen LogP contribution in [0.3, 0.4) is 0 Å². The van der Waals surface area contributed by atoms with Crippen LogP contribution in [0.2, 0.25) is 0 Å². The standard InChI is InChI=1S/C14H16FNO3/c1-9(17)11-6-5-10(15)8-13(11)19-12-4-2-3-7-16-14(12)18/h5-6,8,12H,2-4,7H2,1H3,(H,16,18). The number of amides is 1. The van der Waals surface area contributed by atoms with Gasteiger partial charge >= 0.3 is 0 Å². The number of carbonyl (C=O) groups excluding carboxylic acids is 2. The second kappa shape index (κ2) is 5.82. The molecule has 1 heterocycles. The molecule has 2 rings (SSSR count). The smallest absolute Gasteiger partial charge is 0.261 e. The second-order valence-corrected chi connectivity index (χ2v) is 4.59. The van der Waals surface area contributed by atoms with Gasteiger partial charge in [-0.15, -0.1) is 0 Å². The fourth-order valence-electron chi connectivity index (χ4n) is 2.06. The second-order valence-electron chi connectivity index (χ2n) is 4.59. The molecule has 0 radical (unpaired) electrons. The van der Waals surface area contributed by atoms with Gasteiger partial charge in [-0.3, -0.25) is 9.59 Å². The van der Waals surface area contributed by atoms with Crippen LogP contribution in [0, 0.1) is 5.82 Å². The normalized spacial score (nSPS) is 19.5. The Balaban J connectivity index is 2.23. The van der Waals surface area contributed by atoms with Crippen molar-refractivity contribution in [3.63, 3.8) is 0 Å². The zero-order valence-electron chi connectivity index (χ0n) is 10.7. The van der Waals surface area contributed by atoms with Crippen LogP contribution in [0.5, 0.6) is 5.75 Å². The summed E-state index contributed by atoms with van der Waals surface area (Å²) < 4.78 is 18.8. The Kier molecular flexibility index (Phi) is 4.14. The van der Waals surface area contributed by atoms with Gasteiger partial charge in [-0.1, -0.05) is 0 Å². The van der Waals surface area contributed by atoms with Crippen LogP contribution >= 0.6 is 0 Å². The van der Waals surface area contributed by atoms with E-state index in [1.165, 1.54) is 19.1 Å². The number of Topliss-reactive ketones (excluding diaryl/α,β-unsaturated/α-hetero) is 1. The van der Waals surface area contributed by atoms with E-state index in [1.54, 1.807) is 0 Å². The Morgan fingerprint density at radius 1 is 1.42 bits per heavy atom. The van der Waals surface area contributed by atoms with Crippen molar-refractivity contribution in [1.82, 2.24) is 5.32 Å². The summed E-state index contributed by atoms with van der Waals surface area (Å²) in [6.45, 7) is 2.01. The molecule has 0 bridgehead atoms. The monoisotopic (exact) mass is 265 g/mol. The van der Waals surface area contributed by atoms with Crippen LogP contribution < -0.4 is 10.1 Å². The summed E-state index contributed by atoms with van der Waals surface area (Å²) >= 11 is 0. The molecule has 1 atom stereocenters. The third-order valence-corrected chi connectivity index (χ3v) is 3.08. The Morgan fingerprint density at radius 3 is 2.95 bits per heavy atom. The number of ether oxygens (including phenoxy) is 1.